The number of halogens is 1. The van der Waals surface area contributed by atoms with Gasteiger partial charge in [-0.2, -0.15) is 4.98 Å². The van der Waals surface area contributed by atoms with E-state index >= 15 is 0 Å². The summed E-state index contributed by atoms with van der Waals surface area (Å²) in [5.41, 5.74) is 2.85. The zero-order valence-electron chi connectivity index (χ0n) is 14.2. The molecule has 0 aliphatic heterocycles. The number of fused-ring (bicyclic) bond motifs is 1. The van der Waals surface area contributed by atoms with Crippen molar-refractivity contribution in [3.8, 4) is 0 Å². The molecular formula is C20H21ClN4. The van der Waals surface area contributed by atoms with Gasteiger partial charge in [0.1, 0.15) is 5.82 Å². The van der Waals surface area contributed by atoms with Crippen LogP contribution in [0.15, 0.2) is 42.5 Å². The SMILES string of the molecule is Cc1c(Cl)cccc1Nc1nc(NC2CCCC2)c2ccccc2n1. The van der Waals surface area contributed by atoms with Crippen molar-refractivity contribution in [3.63, 3.8) is 0 Å². The first-order valence-corrected chi connectivity index (χ1v) is 9.14. The van der Waals surface area contributed by atoms with Crippen LogP contribution in [0.1, 0.15) is 31.2 Å². The van der Waals surface area contributed by atoms with Gasteiger partial charge in [-0.05, 0) is 49.6 Å². The quantitative estimate of drug-likeness (QED) is 0.633. The molecule has 1 fully saturated rings. The number of para-hydroxylation sites is 1. The van der Waals surface area contributed by atoms with E-state index < -0.39 is 0 Å². The summed E-state index contributed by atoms with van der Waals surface area (Å²) in [5.74, 6) is 1.49. The first-order valence-electron chi connectivity index (χ1n) is 8.76. The Kier molecular flexibility index (Phi) is 4.45. The second kappa shape index (κ2) is 6.89. The Morgan fingerprint density at radius 2 is 1.80 bits per heavy atom. The first-order chi connectivity index (χ1) is 12.2. The molecule has 0 atom stereocenters. The average Bonchev–Trinajstić information content (AvgIpc) is 3.12. The minimum atomic E-state index is 0.499. The highest BCUT2D eigenvalue weighted by molar-refractivity contribution is 6.31. The van der Waals surface area contributed by atoms with Crippen LogP contribution in [0.25, 0.3) is 10.9 Å². The molecule has 25 heavy (non-hydrogen) atoms. The van der Waals surface area contributed by atoms with Gasteiger partial charge in [0.05, 0.1) is 5.52 Å². The Morgan fingerprint density at radius 1 is 1.00 bits per heavy atom. The van der Waals surface area contributed by atoms with Crippen molar-refractivity contribution < 1.29 is 0 Å². The molecule has 0 radical (unpaired) electrons. The monoisotopic (exact) mass is 352 g/mol. The van der Waals surface area contributed by atoms with E-state index in [0.717, 1.165) is 33.0 Å². The third kappa shape index (κ3) is 3.40. The molecule has 128 valence electrons. The molecule has 1 aliphatic carbocycles. The topological polar surface area (TPSA) is 49.8 Å². The van der Waals surface area contributed by atoms with Crippen molar-refractivity contribution in [1.29, 1.82) is 0 Å². The Hall–Kier alpha value is -2.33. The Morgan fingerprint density at radius 3 is 2.64 bits per heavy atom. The molecule has 0 bridgehead atoms. The maximum absolute atomic E-state index is 6.23. The smallest absolute Gasteiger partial charge is 0.229 e. The number of benzene rings is 2. The molecule has 1 aromatic heterocycles. The molecule has 2 N–H and O–H groups in total. The maximum Gasteiger partial charge on any atom is 0.229 e. The average molecular weight is 353 g/mol. The molecule has 0 spiro atoms. The summed E-state index contributed by atoms with van der Waals surface area (Å²) in [6.45, 7) is 1.99. The van der Waals surface area contributed by atoms with E-state index in [1.165, 1.54) is 25.7 Å². The van der Waals surface area contributed by atoms with Crippen molar-refractivity contribution in [2.45, 2.75) is 38.6 Å². The molecule has 3 aromatic rings. The standard InChI is InChI=1S/C20H21ClN4/c1-13-16(21)10-6-12-17(13)23-20-24-18-11-5-4-9-15(18)19(25-20)22-14-7-2-3-8-14/h4-6,9-12,14H,2-3,7-8H2,1H3,(H2,22,23,24,25). The van der Waals surface area contributed by atoms with E-state index in [1.807, 2.05) is 43.3 Å². The number of nitrogens with one attached hydrogen (secondary N) is 2. The number of hydrogen-bond acceptors (Lipinski definition) is 4. The molecule has 1 aliphatic rings. The molecule has 0 unspecified atom stereocenters. The summed E-state index contributed by atoms with van der Waals surface area (Å²) >= 11 is 6.23. The molecule has 0 amide bonds. The molecular weight excluding hydrogens is 332 g/mol. The van der Waals surface area contributed by atoms with Crippen molar-refractivity contribution in [2.75, 3.05) is 10.6 Å². The van der Waals surface area contributed by atoms with Crippen molar-refractivity contribution >= 4 is 40.0 Å². The predicted octanol–water partition coefficient (Wildman–Crippen LogP) is 5.69. The van der Waals surface area contributed by atoms with Gasteiger partial charge >= 0.3 is 0 Å². The Labute approximate surface area is 152 Å². The van der Waals surface area contributed by atoms with Crippen LogP contribution in [-0.2, 0) is 0 Å². The number of rotatable bonds is 4. The van der Waals surface area contributed by atoms with Gasteiger partial charge < -0.3 is 10.6 Å². The highest BCUT2D eigenvalue weighted by Gasteiger charge is 2.17. The number of hydrogen-bond donors (Lipinski definition) is 2. The first kappa shape index (κ1) is 16.2. The van der Waals surface area contributed by atoms with Crippen LogP contribution < -0.4 is 10.6 Å². The summed E-state index contributed by atoms with van der Waals surface area (Å²) in [6.07, 6.45) is 4.98. The summed E-state index contributed by atoms with van der Waals surface area (Å²) in [7, 11) is 0. The van der Waals surface area contributed by atoms with Crippen LogP contribution in [-0.4, -0.2) is 16.0 Å². The van der Waals surface area contributed by atoms with Crippen molar-refractivity contribution in [1.82, 2.24) is 9.97 Å². The van der Waals surface area contributed by atoms with E-state index in [1.54, 1.807) is 0 Å². The Balaban J connectivity index is 1.72. The molecule has 1 heterocycles. The summed E-state index contributed by atoms with van der Waals surface area (Å²) in [4.78, 5) is 9.43. The molecule has 4 rings (SSSR count). The fourth-order valence-corrected chi connectivity index (χ4v) is 3.54. The van der Waals surface area contributed by atoms with Crippen LogP contribution in [0.2, 0.25) is 5.02 Å². The second-order valence-electron chi connectivity index (χ2n) is 6.58. The van der Waals surface area contributed by atoms with E-state index in [-0.39, 0.29) is 0 Å². The summed E-state index contributed by atoms with van der Waals surface area (Å²) < 4.78 is 0. The van der Waals surface area contributed by atoms with Gasteiger partial charge in [0, 0.05) is 22.1 Å². The van der Waals surface area contributed by atoms with E-state index in [4.69, 9.17) is 16.6 Å². The van der Waals surface area contributed by atoms with Crippen LogP contribution >= 0.6 is 11.6 Å². The second-order valence-corrected chi connectivity index (χ2v) is 6.98. The highest BCUT2D eigenvalue weighted by atomic mass is 35.5. The van der Waals surface area contributed by atoms with E-state index in [0.29, 0.717) is 12.0 Å². The van der Waals surface area contributed by atoms with Gasteiger partial charge in [0.25, 0.3) is 0 Å². The highest BCUT2D eigenvalue weighted by Crippen LogP contribution is 2.29. The molecule has 0 saturated heterocycles. The van der Waals surface area contributed by atoms with Gasteiger partial charge in [-0.1, -0.05) is 42.6 Å². The molecule has 2 aromatic carbocycles. The minimum absolute atomic E-state index is 0.499. The van der Waals surface area contributed by atoms with Crippen LogP contribution in [0, 0.1) is 6.92 Å². The number of anilines is 3. The number of aromatic nitrogens is 2. The zero-order chi connectivity index (χ0) is 17.2. The minimum Gasteiger partial charge on any atom is -0.367 e. The van der Waals surface area contributed by atoms with Gasteiger partial charge in [0.2, 0.25) is 5.95 Å². The lowest BCUT2D eigenvalue weighted by molar-refractivity contribution is 0.752. The zero-order valence-corrected chi connectivity index (χ0v) is 15.0. The van der Waals surface area contributed by atoms with Crippen LogP contribution in [0.5, 0.6) is 0 Å². The Bertz CT molecular complexity index is 903. The van der Waals surface area contributed by atoms with Crippen LogP contribution in [0.3, 0.4) is 0 Å². The maximum atomic E-state index is 6.23. The largest absolute Gasteiger partial charge is 0.367 e. The van der Waals surface area contributed by atoms with Gasteiger partial charge in [-0.25, -0.2) is 4.98 Å². The summed E-state index contributed by atoms with van der Waals surface area (Å²) in [5, 5.41) is 8.73. The fraction of sp³-hybridized carbons (Fsp3) is 0.300. The van der Waals surface area contributed by atoms with Crippen LogP contribution in [0.4, 0.5) is 17.5 Å². The lowest BCUT2D eigenvalue weighted by Crippen LogP contribution is -2.16. The molecule has 1 saturated carbocycles. The fourth-order valence-electron chi connectivity index (χ4n) is 3.37. The van der Waals surface area contributed by atoms with E-state index in [2.05, 4.69) is 21.7 Å². The number of nitrogens with zero attached hydrogens (tertiary/aromatic N) is 2. The third-order valence-corrected chi connectivity index (χ3v) is 5.22. The van der Waals surface area contributed by atoms with Gasteiger partial charge in [-0.15, -0.1) is 0 Å². The summed E-state index contributed by atoms with van der Waals surface area (Å²) in [6, 6.07) is 14.4. The van der Waals surface area contributed by atoms with Crippen molar-refractivity contribution in [3.05, 3.63) is 53.1 Å². The van der Waals surface area contributed by atoms with E-state index in [9.17, 15) is 0 Å². The lowest BCUT2D eigenvalue weighted by atomic mass is 10.2. The normalized spacial score (nSPS) is 14.8. The van der Waals surface area contributed by atoms with Gasteiger partial charge in [0.15, 0.2) is 0 Å². The third-order valence-electron chi connectivity index (χ3n) is 4.81. The lowest BCUT2D eigenvalue weighted by Gasteiger charge is -2.16. The van der Waals surface area contributed by atoms with Crippen molar-refractivity contribution in [2.24, 2.45) is 0 Å². The predicted molar refractivity (Wildman–Crippen MR) is 105 cm³/mol. The molecule has 4 nitrogen and oxygen atoms in total. The van der Waals surface area contributed by atoms with Gasteiger partial charge in [-0.3, -0.25) is 0 Å². The molecule has 5 heteroatoms.